The summed E-state index contributed by atoms with van der Waals surface area (Å²) in [5.74, 6) is -0.182. The third-order valence-corrected chi connectivity index (χ3v) is 2.59. The number of aliphatic hydroxyl groups is 1. The van der Waals surface area contributed by atoms with Crippen molar-refractivity contribution < 1.29 is 14.2 Å². The van der Waals surface area contributed by atoms with Crippen LogP contribution in [0.25, 0.3) is 0 Å². The molecule has 1 atom stereocenters. The standard InChI is InChI=1S/C14H22FNO2/c1-14(2,3)16-9-11(17)8-10-6-5-7-12(18-4)13(10)15/h5-7,11,16-17H,8-9H2,1-4H3. The highest BCUT2D eigenvalue weighted by Gasteiger charge is 2.15. The summed E-state index contributed by atoms with van der Waals surface area (Å²) >= 11 is 0. The molecule has 1 unspecified atom stereocenters. The monoisotopic (exact) mass is 255 g/mol. The molecular formula is C14H22FNO2. The number of aliphatic hydroxyl groups excluding tert-OH is 1. The predicted molar refractivity (Wildman–Crippen MR) is 70.4 cm³/mol. The van der Waals surface area contributed by atoms with Crippen LogP contribution in [0.1, 0.15) is 26.3 Å². The Bertz CT molecular complexity index is 388. The predicted octanol–water partition coefficient (Wildman–Crippen LogP) is 2.13. The van der Waals surface area contributed by atoms with Crippen molar-refractivity contribution in [2.24, 2.45) is 0 Å². The minimum Gasteiger partial charge on any atom is -0.494 e. The van der Waals surface area contributed by atoms with Gasteiger partial charge in [-0.25, -0.2) is 4.39 Å². The van der Waals surface area contributed by atoms with E-state index in [-0.39, 0.29) is 17.7 Å². The molecule has 4 heteroatoms. The largest absolute Gasteiger partial charge is 0.494 e. The Kier molecular flexibility index (Phi) is 5.11. The molecule has 0 aromatic heterocycles. The summed E-state index contributed by atoms with van der Waals surface area (Å²) in [7, 11) is 1.43. The maximum absolute atomic E-state index is 13.9. The van der Waals surface area contributed by atoms with Gasteiger partial charge in [0, 0.05) is 18.5 Å². The third-order valence-electron chi connectivity index (χ3n) is 2.59. The van der Waals surface area contributed by atoms with Crippen molar-refractivity contribution in [3.05, 3.63) is 29.6 Å². The molecule has 0 aliphatic rings. The Balaban J connectivity index is 2.62. The molecular weight excluding hydrogens is 233 g/mol. The van der Waals surface area contributed by atoms with Crippen molar-refractivity contribution in [1.82, 2.24) is 5.32 Å². The molecule has 0 aliphatic carbocycles. The molecule has 0 heterocycles. The summed E-state index contributed by atoms with van der Waals surface area (Å²) in [6, 6.07) is 4.96. The van der Waals surface area contributed by atoms with Gasteiger partial charge in [0.15, 0.2) is 11.6 Å². The molecule has 18 heavy (non-hydrogen) atoms. The third kappa shape index (κ3) is 4.63. The summed E-state index contributed by atoms with van der Waals surface area (Å²) in [5, 5.41) is 13.1. The van der Waals surface area contributed by atoms with Crippen molar-refractivity contribution in [3.63, 3.8) is 0 Å². The Morgan fingerprint density at radius 3 is 2.61 bits per heavy atom. The second-order valence-corrected chi connectivity index (χ2v) is 5.42. The van der Waals surface area contributed by atoms with Crippen LogP contribution in [0.3, 0.4) is 0 Å². The summed E-state index contributed by atoms with van der Waals surface area (Å²) in [6.45, 7) is 6.49. The number of nitrogens with one attached hydrogen (secondary N) is 1. The fourth-order valence-electron chi connectivity index (χ4n) is 1.62. The fraction of sp³-hybridized carbons (Fsp3) is 0.571. The van der Waals surface area contributed by atoms with E-state index in [0.29, 0.717) is 12.1 Å². The Morgan fingerprint density at radius 2 is 2.06 bits per heavy atom. The van der Waals surface area contributed by atoms with Gasteiger partial charge in [-0.15, -0.1) is 0 Å². The summed E-state index contributed by atoms with van der Waals surface area (Å²) in [5.41, 5.74) is 0.408. The van der Waals surface area contributed by atoms with E-state index < -0.39 is 11.9 Å². The fourth-order valence-corrected chi connectivity index (χ4v) is 1.62. The molecule has 0 fully saturated rings. The zero-order valence-corrected chi connectivity index (χ0v) is 11.5. The van der Waals surface area contributed by atoms with E-state index in [4.69, 9.17) is 4.74 Å². The van der Waals surface area contributed by atoms with Crippen LogP contribution < -0.4 is 10.1 Å². The Labute approximate surface area is 108 Å². The van der Waals surface area contributed by atoms with E-state index in [1.165, 1.54) is 7.11 Å². The smallest absolute Gasteiger partial charge is 0.168 e. The molecule has 0 aliphatic heterocycles. The molecule has 2 N–H and O–H groups in total. The van der Waals surface area contributed by atoms with Crippen molar-refractivity contribution in [2.45, 2.75) is 38.8 Å². The van der Waals surface area contributed by atoms with Crippen LogP contribution >= 0.6 is 0 Å². The highest BCUT2D eigenvalue weighted by Crippen LogP contribution is 2.21. The van der Waals surface area contributed by atoms with E-state index in [1.807, 2.05) is 20.8 Å². The molecule has 0 spiro atoms. The lowest BCUT2D eigenvalue weighted by Gasteiger charge is -2.23. The van der Waals surface area contributed by atoms with Gasteiger partial charge in [0.25, 0.3) is 0 Å². The molecule has 0 bridgehead atoms. The highest BCUT2D eigenvalue weighted by atomic mass is 19.1. The zero-order valence-electron chi connectivity index (χ0n) is 11.5. The van der Waals surface area contributed by atoms with Gasteiger partial charge in [0.2, 0.25) is 0 Å². The topological polar surface area (TPSA) is 41.5 Å². The molecule has 102 valence electrons. The van der Waals surface area contributed by atoms with E-state index in [2.05, 4.69) is 5.32 Å². The molecule has 1 aromatic rings. The average Bonchev–Trinajstić information content (AvgIpc) is 2.28. The van der Waals surface area contributed by atoms with Crippen LogP contribution in [0.5, 0.6) is 5.75 Å². The quantitative estimate of drug-likeness (QED) is 0.847. The van der Waals surface area contributed by atoms with Crippen molar-refractivity contribution in [1.29, 1.82) is 0 Å². The van der Waals surface area contributed by atoms with E-state index in [0.717, 1.165) is 0 Å². The van der Waals surface area contributed by atoms with Crippen LogP contribution in [0.15, 0.2) is 18.2 Å². The molecule has 0 radical (unpaired) electrons. The van der Waals surface area contributed by atoms with Gasteiger partial charge in [0.05, 0.1) is 13.2 Å². The lowest BCUT2D eigenvalue weighted by molar-refractivity contribution is 0.159. The van der Waals surface area contributed by atoms with Gasteiger partial charge < -0.3 is 15.2 Å². The summed E-state index contributed by atoms with van der Waals surface area (Å²) in [6.07, 6.45) is -0.350. The van der Waals surface area contributed by atoms with Crippen LogP contribution in [-0.2, 0) is 6.42 Å². The first-order chi connectivity index (χ1) is 8.33. The highest BCUT2D eigenvalue weighted by molar-refractivity contribution is 5.31. The van der Waals surface area contributed by atoms with Gasteiger partial charge in [-0.05, 0) is 32.4 Å². The number of halogens is 1. The number of β-amino-alcohol motifs (C(OH)–C–C–N with tert-alkyl or cyclic N) is 1. The molecule has 0 amide bonds. The number of methoxy groups -OCH3 is 1. The number of hydrogen-bond donors (Lipinski definition) is 2. The number of ether oxygens (including phenoxy) is 1. The SMILES string of the molecule is COc1cccc(CC(O)CNC(C)(C)C)c1F. The average molecular weight is 255 g/mol. The second kappa shape index (κ2) is 6.16. The first-order valence-corrected chi connectivity index (χ1v) is 6.08. The van der Waals surface area contributed by atoms with Gasteiger partial charge in [-0.2, -0.15) is 0 Å². The van der Waals surface area contributed by atoms with Crippen molar-refractivity contribution >= 4 is 0 Å². The van der Waals surface area contributed by atoms with Crippen molar-refractivity contribution in [3.8, 4) is 5.75 Å². The van der Waals surface area contributed by atoms with Gasteiger partial charge in [-0.3, -0.25) is 0 Å². The molecule has 1 rings (SSSR count). The molecule has 0 saturated heterocycles. The summed E-state index contributed by atoms with van der Waals surface area (Å²) < 4.78 is 18.8. The minimum absolute atomic E-state index is 0.0616. The lowest BCUT2D eigenvalue weighted by atomic mass is 10.0. The normalized spacial score (nSPS) is 13.4. The van der Waals surface area contributed by atoms with Gasteiger partial charge in [-0.1, -0.05) is 12.1 Å². The second-order valence-electron chi connectivity index (χ2n) is 5.42. The van der Waals surface area contributed by atoms with E-state index >= 15 is 0 Å². The van der Waals surface area contributed by atoms with E-state index in [9.17, 15) is 9.50 Å². The van der Waals surface area contributed by atoms with Gasteiger partial charge >= 0.3 is 0 Å². The maximum atomic E-state index is 13.9. The first kappa shape index (κ1) is 14.9. The van der Waals surface area contributed by atoms with Crippen LogP contribution in [-0.4, -0.2) is 30.4 Å². The molecule has 0 saturated carbocycles. The molecule has 1 aromatic carbocycles. The van der Waals surface area contributed by atoms with Crippen LogP contribution in [0.2, 0.25) is 0 Å². The van der Waals surface area contributed by atoms with Crippen molar-refractivity contribution in [2.75, 3.05) is 13.7 Å². The Morgan fingerprint density at radius 1 is 1.39 bits per heavy atom. The number of benzene rings is 1. The maximum Gasteiger partial charge on any atom is 0.168 e. The number of rotatable bonds is 5. The zero-order chi connectivity index (χ0) is 13.8. The molecule has 3 nitrogen and oxygen atoms in total. The van der Waals surface area contributed by atoms with Crippen LogP contribution in [0, 0.1) is 5.82 Å². The van der Waals surface area contributed by atoms with Crippen LogP contribution in [0.4, 0.5) is 4.39 Å². The lowest BCUT2D eigenvalue weighted by Crippen LogP contribution is -2.41. The summed E-state index contributed by atoms with van der Waals surface area (Å²) in [4.78, 5) is 0. The number of hydrogen-bond acceptors (Lipinski definition) is 3. The first-order valence-electron chi connectivity index (χ1n) is 6.08. The van der Waals surface area contributed by atoms with Gasteiger partial charge in [0.1, 0.15) is 0 Å². The van der Waals surface area contributed by atoms with E-state index in [1.54, 1.807) is 18.2 Å². The minimum atomic E-state index is -0.620. The Hall–Kier alpha value is -1.13.